The average Bonchev–Trinajstić information content (AvgIpc) is 3.14. The van der Waals surface area contributed by atoms with Crippen molar-refractivity contribution in [2.75, 3.05) is 5.32 Å². The highest BCUT2D eigenvalue weighted by Gasteiger charge is 2.12. The van der Waals surface area contributed by atoms with Crippen molar-refractivity contribution >= 4 is 56.5 Å². The first-order chi connectivity index (χ1) is 14.1. The molecule has 142 valence electrons. The van der Waals surface area contributed by atoms with Gasteiger partial charge in [0.2, 0.25) is 0 Å². The Kier molecular flexibility index (Phi) is 4.34. The van der Waals surface area contributed by atoms with Crippen LogP contribution in [-0.2, 0) is 0 Å². The molecule has 0 saturated heterocycles. The lowest BCUT2D eigenvalue weighted by atomic mass is 10.1. The summed E-state index contributed by atoms with van der Waals surface area (Å²) in [5.41, 5.74) is 5.59. The van der Waals surface area contributed by atoms with Crippen molar-refractivity contribution in [3.8, 4) is 11.3 Å². The Morgan fingerprint density at radius 1 is 0.862 bits per heavy atom. The van der Waals surface area contributed by atoms with Gasteiger partial charge in [0, 0.05) is 22.0 Å². The number of fused-ring (bicyclic) bond motifs is 2. The molecule has 0 atom stereocenters. The van der Waals surface area contributed by atoms with E-state index in [1.807, 2.05) is 42.5 Å². The normalized spacial score (nSPS) is 11.3. The van der Waals surface area contributed by atoms with Gasteiger partial charge >= 0.3 is 0 Å². The van der Waals surface area contributed by atoms with Crippen molar-refractivity contribution in [2.45, 2.75) is 6.92 Å². The summed E-state index contributed by atoms with van der Waals surface area (Å²) in [5, 5.41) is 13.9. The Hall–Kier alpha value is -3.15. The maximum atomic E-state index is 6.19. The fraction of sp³-hybridized carbons (Fsp3) is 0.0455. The third-order valence-corrected chi connectivity index (χ3v) is 5.55. The van der Waals surface area contributed by atoms with Gasteiger partial charge in [-0.3, -0.25) is 5.10 Å². The molecular weight excluding hydrogens is 405 g/mol. The summed E-state index contributed by atoms with van der Waals surface area (Å²) in [7, 11) is 0. The van der Waals surface area contributed by atoms with Crippen LogP contribution < -0.4 is 5.32 Å². The van der Waals surface area contributed by atoms with Crippen molar-refractivity contribution in [3.05, 3.63) is 76.5 Å². The summed E-state index contributed by atoms with van der Waals surface area (Å²) in [6.45, 7) is 2.05. The molecule has 0 bridgehead atoms. The minimum Gasteiger partial charge on any atom is -0.340 e. The zero-order chi connectivity index (χ0) is 20.0. The van der Waals surface area contributed by atoms with Gasteiger partial charge in [-0.15, -0.1) is 0 Å². The summed E-state index contributed by atoms with van der Waals surface area (Å²) < 4.78 is 0. The van der Waals surface area contributed by atoms with E-state index in [0.29, 0.717) is 10.0 Å². The minimum atomic E-state index is 0.498. The molecule has 3 aromatic carbocycles. The number of aromatic nitrogens is 4. The van der Waals surface area contributed by atoms with E-state index in [4.69, 9.17) is 23.2 Å². The number of nitrogens with one attached hydrogen (secondary N) is 2. The zero-order valence-electron chi connectivity index (χ0n) is 15.4. The van der Waals surface area contributed by atoms with Crippen LogP contribution in [-0.4, -0.2) is 20.2 Å². The maximum absolute atomic E-state index is 6.19. The molecule has 0 amide bonds. The van der Waals surface area contributed by atoms with Crippen LogP contribution in [0.15, 0.2) is 60.9 Å². The number of halogens is 2. The van der Waals surface area contributed by atoms with E-state index < -0.39 is 0 Å². The van der Waals surface area contributed by atoms with Crippen molar-refractivity contribution < 1.29 is 0 Å². The van der Waals surface area contributed by atoms with Gasteiger partial charge in [-0.1, -0.05) is 40.9 Å². The van der Waals surface area contributed by atoms with Gasteiger partial charge in [-0.25, -0.2) is 9.97 Å². The predicted molar refractivity (Wildman–Crippen MR) is 119 cm³/mol. The van der Waals surface area contributed by atoms with Gasteiger partial charge < -0.3 is 5.32 Å². The largest absolute Gasteiger partial charge is 0.340 e. The van der Waals surface area contributed by atoms with Gasteiger partial charge in [0.05, 0.1) is 21.1 Å². The molecule has 5 aromatic rings. The first-order valence-electron chi connectivity index (χ1n) is 9.00. The summed E-state index contributed by atoms with van der Waals surface area (Å²) >= 11 is 12.2. The molecule has 5 nitrogen and oxygen atoms in total. The lowest BCUT2D eigenvalue weighted by Gasteiger charge is -2.09. The summed E-state index contributed by atoms with van der Waals surface area (Å²) in [6.07, 6.45) is 1.57. The van der Waals surface area contributed by atoms with E-state index in [1.165, 1.54) is 0 Å². The van der Waals surface area contributed by atoms with Crippen molar-refractivity contribution in [3.63, 3.8) is 0 Å². The molecule has 0 aliphatic rings. The van der Waals surface area contributed by atoms with Crippen LogP contribution in [0.1, 0.15) is 5.56 Å². The monoisotopic (exact) mass is 419 g/mol. The van der Waals surface area contributed by atoms with Gasteiger partial charge in [0.25, 0.3) is 0 Å². The average molecular weight is 420 g/mol. The maximum Gasteiger partial charge on any atom is 0.141 e. The number of aryl methyl sites for hydroxylation is 1. The summed E-state index contributed by atoms with van der Waals surface area (Å²) in [6, 6.07) is 17.6. The molecular formula is C22H15Cl2N5. The number of aromatic amines is 1. The third-order valence-electron chi connectivity index (χ3n) is 4.81. The highest BCUT2D eigenvalue weighted by Crippen LogP contribution is 2.33. The number of hydrogen-bond donors (Lipinski definition) is 2. The van der Waals surface area contributed by atoms with Crippen molar-refractivity contribution in [1.29, 1.82) is 0 Å². The van der Waals surface area contributed by atoms with E-state index >= 15 is 0 Å². The molecule has 0 aliphatic carbocycles. The lowest BCUT2D eigenvalue weighted by Crippen LogP contribution is -1.96. The number of hydrogen-bond acceptors (Lipinski definition) is 4. The first-order valence-corrected chi connectivity index (χ1v) is 9.76. The summed E-state index contributed by atoms with van der Waals surface area (Å²) in [4.78, 5) is 8.78. The van der Waals surface area contributed by atoms with E-state index in [-0.39, 0.29) is 0 Å². The highest BCUT2D eigenvalue weighted by molar-refractivity contribution is 6.42. The summed E-state index contributed by atoms with van der Waals surface area (Å²) in [5.74, 6) is 0.762. The number of anilines is 2. The molecule has 0 saturated carbocycles. The van der Waals surface area contributed by atoms with Gasteiger partial charge in [0.15, 0.2) is 0 Å². The molecule has 0 spiro atoms. The van der Waals surface area contributed by atoms with Crippen LogP contribution in [0.5, 0.6) is 0 Å². The topological polar surface area (TPSA) is 66.5 Å². The number of H-pyrrole nitrogens is 1. The second kappa shape index (κ2) is 7.03. The second-order valence-corrected chi connectivity index (χ2v) is 7.64. The molecule has 2 aromatic heterocycles. The van der Waals surface area contributed by atoms with Crippen LogP contribution in [0, 0.1) is 6.92 Å². The Bertz CT molecular complexity index is 1380. The van der Waals surface area contributed by atoms with E-state index in [2.05, 4.69) is 38.5 Å². The molecule has 0 fully saturated rings. The first kappa shape index (κ1) is 17.9. The smallest absolute Gasteiger partial charge is 0.141 e. The zero-order valence-corrected chi connectivity index (χ0v) is 16.9. The number of nitrogens with zero attached hydrogens (tertiary/aromatic N) is 3. The molecule has 0 unspecified atom stereocenters. The molecule has 0 radical (unpaired) electrons. The Morgan fingerprint density at radius 2 is 1.76 bits per heavy atom. The third kappa shape index (κ3) is 3.28. The molecule has 5 rings (SSSR count). The van der Waals surface area contributed by atoms with Crippen molar-refractivity contribution in [2.24, 2.45) is 0 Å². The molecule has 29 heavy (non-hydrogen) atoms. The van der Waals surface area contributed by atoms with E-state index in [9.17, 15) is 0 Å². The number of rotatable bonds is 3. The van der Waals surface area contributed by atoms with Crippen LogP contribution in [0.2, 0.25) is 10.0 Å². The second-order valence-electron chi connectivity index (χ2n) is 6.83. The Labute approximate surface area is 176 Å². The minimum absolute atomic E-state index is 0.498. The van der Waals surface area contributed by atoms with E-state index in [1.54, 1.807) is 12.4 Å². The number of benzene rings is 3. The fourth-order valence-corrected chi connectivity index (χ4v) is 3.66. The van der Waals surface area contributed by atoms with Crippen LogP contribution in [0.3, 0.4) is 0 Å². The van der Waals surface area contributed by atoms with Crippen LogP contribution in [0.4, 0.5) is 11.5 Å². The standard InChI is InChI=1S/C22H15Cl2N5/c1-12-2-6-19-16(8-12)22(26-11-25-19)27-14-4-7-20-15(10-14)21(29-28-20)13-3-5-17(23)18(24)9-13/h2-11H,1H3,(H,28,29)(H,25,26,27). The van der Waals surface area contributed by atoms with Gasteiger partial charge in [-0.2, -0.15) is 5.10 Å². The molecule has 2 N–H and O–H groups in total. The quantitative estimate of drug-likeness (QED) is 0.348. The Morgan fingerprint density at radius 3 is 2.62 bits per heavy atom. The van der Waals surface area contributed by atoms with Crippen molar-refractivity contribution in [1.82, 2.24) is 20.2 Å². The van der Waals surface area contributed by atoms with Crippen LogP contribution in [0.25, 0.3) is 33.1 Å². The van der Waals surface area contributed by atoms with Crippen LogP contribution >= 0.6 is 23.2 Å². The SMILES string of the molecule is Cc1ccc2ncnc(Nc3ccc4[nH]nc(-c5ccc(Cl)c(Cl)c5)c4c3)c2c1. The molecule has 2 heterocycles. The van der Waals surface area contributed by atoms with Gasteiger partial charge in [-0.05, 0) is 49.4 Å². The molecule has 0 aliphatic heterocycles. The Balaban J connectivity index is 1.59. The predicted octanol–water partition coefficient (Wildman–Crippen LogP) is 6.53. The fourth-order valence-electron chi connectivity index (χ4n) is 3.36. The van der Waals surface area contributed by atoms with E-state index in [0.717, 1.165) is 50.1 Å². The lowest BCUT2D eigenvalue weighted by molar-refractivity contribution is 1.12. The van der Waals surface area contributed by atoms with Gasteiger partial charge in [0.1, 0.15) is 17.8 Å². The highest BCUT2D eigenvalue weighted by atomic mass is 35.5. The molecule has 7 heteroatoms.